The molecule has 3 fully saturated rings. The first-order chi connectivity index (χ1) is 19.3. The molecule has 0 aromatic carbocycles. The molecule has 0 bridgehead atoms. The number of sulfone groups is 1. The summed E-state index contributed by atoms with van der Waals surface area (Å²) in [5, 5.41) is 3.84. The number of hydrogen-bond acceptors (Lipinski definition) is 6. The first kappa shape index (κ1) is 31.0. The van der Waals surface area contributed by atoms with Crippen molar-refractivity contribution in [3.8, 4) is 0 Å². The Morgan fingerprint density at radius 1 is 1.07 bits per heavy atom. The molecule has 6 nitrogen and oxygen atoms in total. The fraction of sp³-hybridized carbons (Fsp3) is 0.719. The largest absolute Gasteiger partial charge is 0.344 e. The Bertz CT molecular complexity index is 1250. The first-order valence-corrected chi connectivity index (χ1v) is 17.4. The van der Waals surface area contributed by atoms with Crippen molar-refractivity contribution in [3.63, 3.8) is 0 Å². The predicted molar refractivity (Wildman–Crippen MR) is 167 cm³/mol. The van der Waals surface area contributed by atoms with Crippen LogP contribution in [0.3, 0.4) is 0 Å². The summed E-state index contributed by atoms with van der Waals surface area (Å²) in [5.41, 5.74) is 1.88. The molecule has 1 unspecified atom stereocenters. The Balaban J connectivity index is 1.12. The van der Waals surface area contributed by atoms with Gasteiger partial charge in [-0.25, -0.2) is 17.8 Å². The molecule has 2 aliphatic carbocycles. The zero-order valence-corrected chi connectivity index (χ0v) is 27.0. The Morgan fingerprint density at radius 3 is 2.32 bits per heavy atom. The van der Waals surface area contributed by atoms with E-state index in [0.717, 1.165) is 73.8 Å². The topological polar surface area (TPSA) is 65.0 Å². The zero-order chi connectivity index (χ0) is 29.6. The number of nitrogens with one attached hydrogen (secondary N) is 1. The van der Waals surface area contributed by atoms with Crippen LogP contribution in [-0.2, 0) is 9.84 Å². The van der Waals surface area contributed by atoms with Crippen LogP contribution < -0.4 is 5.32 Å². The van der Waals surface area contributed by atoms with Gasteiger partial charge in [-0.3, -0.25) is 9.80 Å². The quantitative estimate of drug-likeness (QED) is 0.368. The maximum absolute atomic E-state index is 15.0. The molecule has 0 amide bonds. The van der Waals surface area contributed by atoms with Crippen LogP contribution in [-0.4, -0.2) is 71.8 Å². The molecule has 5 rings (SSSR count). The molecule has 3 heterocycles. The maximum Gasteiger partial charge on any atom is 0.156 e. The third-order valence-electron chi connectivity index (χ3n) is 10.2. The van der Waals surface area contributed by atoms with Gasteiger partial charge in [0, 0.05) is 47.4 Å². The molecule has 5 aliphatic rings. The highest BCUT2D eigenvalue weighted by atomic mass is 35.5. The van der Waals surface area contributed by atoms with Gasteiger partial charge < -0.3 is 5.32 Å². The highest BCUT2D eigenvalue weighted by molar-refractivity contribution is 7.92. The van der Waals surface area contributed by atoms with Crippen molar-refractivity contribution in [2.75, 3.05) is 20.1 Å². The van der Waals surface area contributed by atoms with E-state index in [0.29, 0.717) is 31.6 Å². The Morgan fingerprint density at radius 2 is 1.71 bits per heavy atom. The Kier molecular flexibility index (Phi) is 8.98. The van der Waals surface area contributed by atoms with Gasteiger partial charge in [0.25, 0.3) is 0 Å². The van der Waals surface area contributed by atoms with Crippen molar-refractivity contribution < 1.29 is 12.8 Å². The molecule has 228 valence electrons. The second-order valence-corrected chi connectivity index (χ2v) is 17.0. The van der Waals surface area contributed by atoms with Crippen molar-refractivity contribution in [2.45, 2.75) is 120 Å². The lowest BCUT2D eigenvalue weighted by molar-refractivity contribution is -0.0291. The van der Waals surface area contributed by atoms with Gasteiger partial charge in [-0.05, 0) is 110 Å². The Labute approximate surface area is 251 Å². The van der Waals surface area contributed by atoms with Crippen LogP contribution in [0.15, 0.2) is 51.5 Å². The molecule has 0 aromatic rings. The van der Waals surface area contributed by atoms with Crippen molar-refractivity contribution in [2.24, 2.45) is 10.9 Å². The average molecular weight is 607 g/mol. The molecule has 0 radical (unpaired) electrons. The van der Waals surface area contributed by atoms with Gasteiger partial charge in [-0.2, -0.15) is 0 Å². The average Bonchev–Trinajstić information content (AvgIpc) is 3.77. The first-order valence-electron chi connectivity index (χ1n) is 15.4. The van der Waals surface area contributed by atoms with Crippen LogP contribution in [0.5, 0.6) is 0 Å². The number of nitrogens with zero attached hydrogens (tertiary/aromatic N) is 3. The molecule has 0 aromatic heterocycles. The highest BCUT2D eigenvalue weighted by Gasteiger charge is 2.44. The predicted octanol–water partition coefficient (Wildman–Crippen LogP) is 6.62. The highest BCUT2D eigenvalue weighted by Crippen LogP contribution is 2.42. The minimum absolute atomic E-state index is 0.0734. The third-order valence-corrected chi connectivity index (χ3v) is 13.4. The molecule has 1 saturated carbocycles. The molecule has 9 heteroatoms. The van der Waals surface area contributed by atoms with Crippen LogP contribution in [0.25, 0.3) is 0 Å². The fourth-order valence-electron chi connectivity index (χ4n) is 7.42. The van der Waals surface area contributed by atoms with E-state index in [9.17, 15) is 8.42 Å². The standard InChI is InChI=1S/C32H48ClFN4O2S/c1-31(2)19-22(20-32(3,4)37(31)5)6-7-23-8-13-30(35-21-28(23)34)36-24-9-12-29(27(33)18-24)38-16-14-26(15-17-38)41(39,40)25-10-11-25/h7,9,18,21-22,25-26,29H,6,8,10-17,19-20H2,1-5H3,(H,35,36)/b23-7-. The number of piperidine rings is 2. The number of rotatable bonds is 6. The molecule has 1 N–H and O–H groups in total. The number of halogens is 2. The van der Waals surface area contributed by atoms with Crippen LogP contribution in [0.4, 0.5) is 4.39 Å². The van der Waals surface area contributed by atoms with Crippen LogP contribution in [0, 0.1) is 5.92 Å². The molecule has 41 heavy (non-hydrogen) atoms. The summed E-state index contributed by atoms with van der Waals surface area (Å²) in [7, 11) is -0.746. The van der Waals surface area contributed by atoms with Crippen molar-refractivity contribution in [3.05, 3.63) is 46.6 Å². The van der Waals surface area contributed by atoms with E-state index in [4.69, 9.17) is 11.6 Å². The van der Waals surface area contributed by atoms with Crippen LogP contribution in [0.2, 0.25) is 0 Å². The summed E-state index contributed by atoms with van der Waals surface area (Å²) in [6, 6.07) is 0.0734. The summed E-state index contributed by atoms with van der Waals surface area (Å²) < 4.78 is 40.3. The summed E-state index contributed by atoms with van der Waals surface area (Å²) in [6.07, 6.45) is 15.6. The number of likely N-dealkylation sites (tertiary alicyclic amines) is 2. The molecular formula is C32H48ClFN4O2S. The fourth-order valence-corrected chi connectivity index (χ4v) is 9.97. The molecule has 2 saturated heterocycles. The van der Waals surface area contributed by atoms with Crippen molar-refractivity contribution >= 4 is 27.3 Å². The second-order valence-electron chi connectivity index (χ2n) is 14.1. The minimum atomic E-state index is -2.96. The summed E-state index contributed by atoms with van der Waals surface area (Å²) in [5.74, 6) is 1.02. The zero-order valence-electron chi connectivity index (χ0n) is 25.4. The molecule has 0 spiro atoms. The lowest BCUT2D eigenvalue weighted by atomic mass is 9.73. The van der Waals surface area contributed by atoms with E-state index < -0.39 is 9.84 Å². The van der Waals surface area contributed by atoms with Crippen LogP contribution >= 0.6 is 11.6 Å². The minimum Gasteiger partial charge on any atom is -0.344 e. The molecule has 1 atom stereocenters. The smallest absolute Gasteiger partial charge is 0.156 e. The van der Waals surface area contributed by atoms with Gasteiger partial charge in [0.05, 0.1) is 16.7 Å². The van der Waals surface area contributed by atoms with E-state index >= 15 is 4.39 Å². The van der Waals surface area contributed by atoms with Crippen LogP contribution in [0.1, 0.15) is 91.9 Å². The SMILES string of the molecule is CN1C(C)(C)CC(C/C=C2/CCC(NC3=CCC(N4CCC(S(=O)(=O)C5CC5)CC4)C(Cl)=C3)=NC=C2F)CC1(C)C. The number of allylic oxidation sites excluding steroid dienone is 4. The Hall–Kier alpha value is -1.48. The number of hydrogen-bond donors (Lipinski definition) is 1. The van der Waals surface area contributed by atoms with Gasteiger partial charge in [0.1, 0.15) is 11.7 Å². The summed E-state index contributed by atoms with van der Waals surface area (Å²) >= 11 is 6.75. The lowest BCUT2D eigenvalue weighted by Gasteiger charge is -2.53. The lowest BCUT2D eigenvalue weighted by Crippen LogP contribution is -2.58. The molecule has 3 aliphatic heterocycles. The van der Waals surface area contributed by atoms with Gasteiger partial charge in [0.2, 0.25) is 0 Å². The van der Waals surface area contributed by atoms with Crippen molar-refractivity contribution in [1.82, 2.24) is 15.1 Å². The molecular weight excluding hydrogens is 559 g/mol. The van der Waals surface area contributed by atoms with Gasteiger partial charge in [-0.15, -0.1) is 0 Å². The van der Waals surface area contributed by atoms with E-state index in [1.807, 2.05) is 6.08 Å². The normalized spacial score (nSPS) is 29.8. The van der Waals surface area contributed by atoms with E-state index in [2.05, 4.69) is 67.0 Å². The van der Waals surface area contributed by atoms with Gasteiger partial charge in [-0.1, -0.05) is 23.8 Å². The second kappa shape index (κ2) is 11.9. The number of amidine groups is 1. The summed E-state index contributed by atoms with van der Waals surface area (Å²) in [6.45, 7) is 10.7. The summed E-state index contributed by atoms with van der Waals surface area (Å²) in [4.78, 5) is 9.22. The van der Waals surface area contributed by atoms with Gasteiger partial charge in [0.15, 0.2) is 9.84 Å². The maximum atomic E-state index is 15.0. The van der Waals surface area contributed by atoms with E-state index in [1.54, 1.807) is 0 Å². The number of aliphatic imine (C=N–C) groups is 1. The monoisotopic (exact) mass is 606 g/mol. The van der Waals surface area contributed by atoms with E-state index in [-0.39, 0.29) is 33.4 Å². The van der Waals surface area contributed by atoms with Gasteiger partial charge >= 0.3 is 0 Å². The van der Waals surface area contributed by atoms with E-state index in [1.165, 1.54) is 6.20 Å². The third kappa shape index (κ3) is 7.02. The van der Waals surface area contributed by atoms with Crippen molar-refractivity contribution in [1.29, 1.82) is 0 Å².